The first-order valence-electron chi connectivity index (χ1n) is 7.47. The molecule has 3 atom stereocenters. The quantitative estimate of drug-likeness (QED) is 0.789. The highest BCUT2D eigenvalue weighted by Gasteiger charge is 2.56. The summed E-state index contributed by atoms with van der Waals surface area (Å²) in [7, 11) is 0. The monoisotopic (exact) mass is 333 g/mol. The lowest BCUT2D eigenvalue weighted by molar-refractivity contribution is -0.232. The molecule has 3 unspecified atom stereocenters. The van der Waals surface area contributed by atoms with Crippen molar-refractivity contribution >= 4 is 11.6 Å². The van der Waals surface area contributed by atoms with Gasteiger partial charge in [-0.05, 0) is 31.9 Å². The van der Waals surface area contributed by atoms with Gasteiger partial charge < -0.3 is 0 Å². The molecule has 0 radical (unpaired) electrons. The number of fused-ring (bicyclic) bond motifs is 2. The summed E-state index contributed by atoms with van der Waals surface area (Å²) in [6.45, 7) is 5.56. The van der Waals surface area contributed by atoms with Crippen molar-refractivity contribution in [2.24, 2.45) is 0 Å². The van der Waals surface area contributed by atoms with E-state index in [1.54, 1.807) is 4.90 Å². The van der Waals surface area contributed by atoms with Gasteiger partial charge in [-0.25, -0.2) is 4.98 Å². The number of hydrogen-bond acceptors (Lipinski definition) is 3. The van der Waals surface area contributed by atoms with Crippen molar-refractivity contribution in [3.8, 4) is 0 Å². The predicted molar refractivity (Wildman–Crippen MR) is 78.8 cm³/mol. The van der Waals surface area contributed by atoms with Crippen LogP contribution in [0, 0.1) is 0 Å². The highest BCUT2D eigenvalue weighted by Crippen LogP contribution is 2.47. The Bertz CT molecular complexity index is 520. The van der Waals surface area contributed by atoms with Crippen molar-refractivity contribution in [3.05, 3.63) is 29.0 Å². The van der Waals surface area contributed by atoms with Crippen LogP contribution in [0.2, 0.25) is 5.15 Å². The Kier molecular flexibility index (Phi) is 4.12. The number of piperazine rings is 1. The third kappa shape index (κ3) is 2.84. The van der Waals surface area contributed by atoms with E-state index in [4.69, 9.17) is 11.6 Å². The van der Waals surface area contributed by atoms with E-state index >= 15 is 0 Å². The van der Waals surface area contributed by atoms with Gasteiger partial charge in [0.1, 0.15) is 11.2 Å². The smallest absolute Gasteiger partial charge is 0.298 e. The van der Waals surface area contributed by atoms with Gasteiger partial charge in [0.05, 0.1) is 0 Å². The Morgan fingerprint density at radius 2 is 1.86 bits per heavy atom. The molecule has 3 saturated heterocycles. The minimum Gasteiger partial charge on any atom is -0.298 e. The van der Waals surface area contributed by atoms with Crippen LogP contribution in [0.3, 0.4) is 0 Å². The van der Waals surface area contributed by atoms with E-state index in [0.29, 0.717) is 19.1 Å². The normalized spacial score (nSPS) is 27.8. The third-order valence-electron chi connectivity index (χ3n) is 4.68. The zero-order chi connectivity index (χ0) is 16.1. The lowest BCUT2D eigenvalue weighted by atomic mass is 9.83. The van der Waals surface area contributed by atoms with E-state index in [1.807, 2.05) is 0 Å². The standard InChI is InChI=1S/C15H19ClF3N3/c1-9(2)21-7-11-5-12(8-21)22(11)14(15(17,18)19)10-3-4-13(16)20-6-10/h3-4,6,9,11-12,14H,5,7-8H2,1-2H3. The highest BCUT2D eigenvalue weighted by atomic mass is 35.5. The number of piperidine rings is 1. The number of alkyl halides is 3. The van der Waals surface area contributed by atoms with Crippen LogP contribution in [0.25, 0.3) is 0 Å². The number of nitrogens with zero attached hydrogens (tertiary/aromatic N) is 3. The van der Waals surface area contributed by atoms with Crippen molar-refractivity contribution in [1.29, 1.82) is 0 Å². The van der Waals surface area contributed by atoms with E-state index in [0.717, 1.165) is 6.42 Å². The van der Waals surface area contributed by atoms with Crippen LogP contribution >= 0.6 is 11.6 Å². The Hall–Kier alpha value is -0.850. The summed E-state index contributed by atoms with van der Waals surface area (Å²) in [5, 5.41) is 0.208. The second kappa shape index (κ2) is 5.65. The summed E-state index contributed by atoms with van der Waals surface area (Å²) in [5.74, 6) is 0. The van der Waals surface area contributed by atoms with Gasteiger partial charge in [-0.15, -0.1) is 0 Å². The molecule has 7 heteroatoms. The number of halogens is 4. The second-order valence-electron chi connectivity index (χ2n) is 6.40. The Balaban J connectivity index is 1.85. The summed E-state index contributed by atoms with van der Waals surface area (Å²) < 4.78 is 40.9. The van der Waals surface area contributed by atoms with Crippen LogP contribution in [-0.2, 0) is 0 Å². The Labute approximate surface area is 133 Å². The van der Waals surface area contributed by atoms with Crippen molar-refractivity contribution in [1.82, 2.24) is 14.8 Å². The molecule has 0 amide bonds. The van der Waals surface area contributed by atoms with Crippen LogP contribution in [0.15, 0.2) is 18.3 Å². The largest absolute Gasteiger partial charge is 0.408 e. The van der Waals surface area contributed by atoms with Gasteiger partial charge in [-0.1, -0.05) is 17.7 Å². The van der Waals surface area contributed by atoms with Crippen molar-refractivity contribution < 1.29 is 13.2 Å². The molecule has 1 aromatic heterocycles. The van der Waals surface area contributed by atoms with Crippen molar-refractivity contribution in [2.75, 3.05) is 13.1 Å². The molecule has 2 bridgehead atoms. The molecule has 3 aliphatic heterocycles. The molecule has 22 heavy (non-hydrogen) atoms. The molecule has 122 valence electrons. The third-order valence-corrected chi connectivity index (χ3v) is 4.91. The fraction of sp³-hybridized carbons (Fsp3) is 0.667. The minimum absolute atomic E-state index is 0.0385. The maximum atomic E-state index is 13.6. The maximum absolute atomic E-state index is 13.6. The molecular weight excluding hydrogens is 315 g/mol. The van der Waals surface area contributed by atoms with Gasteiger partial charge in [0, 0.05) is 37.4 Å². The molecule has 0 aromatic carbocycles. The number of pyridine rings is 1. The SMILES string of the molecule is CC(C)N1CC2CC(C1)N2C(c1ccc(Cl)nc1)C(F)(F)F. The molecule has 0 spiro atoms. The molecule has 4 heterocycles. The van der Waals surface area contributed by atoms with E-state index < -0.39 is 12.2 Å². The molecule has 0 saturated carbocycles. The maximum Gasteiger partial charge on any atom is 0.408 e. The van der Waals surface area contributed by atoms with Crippen LogP contribution in [0.1, 0.15) is 31.9 Å². The first kappa shape index (κ1) is 16.0. The summed E-state index contributed by atoms with van der Waals surface area (Å²) in [4.78, 5) is 7.69. The van der Waals surface area contributed by atoms with E-state index in [9.17, 15) is 13.2 Å². The topological polar surface area (TPSA) is 19.4 Å². The Morgan fingerprint density at radius 1 is 1.23 bits per heavy atom. The molecular formula is C15H19ClF3N3. The first-order chi connectivity index (χ1) is 10.3. The zero-order valence-corrected chi connectivity index (χ0v) is 13.3. The molecule has 1 aromatic rings. The summed E-state index contributed by atoms with van der Waals surface area (Å²) in [5.41, 5.74) is 0.171. The van der Waals surface area contributed by atoms with E-state index in [2.05, 4.69) is 23.7 Å². The van der Waals surface area contributed by atoms with Crippen LogP contribution in [0.5, 0.6) is 0 Å². The number of hydrogen-bond donors (Lipinski definition) is 0. The van der Waals surface area contributed by atoms with Crippen LogP contribution in [-0.4, -0.2) is 52.2 Å². The van der Waals surface area contributed by atoms with Gasteiger partial charge in [0.15, 0.2) is 0 Å². The highest BCUT2D eigenvalue weighted by molar-refractivity contribution is 6.29. The molecule has 0 aliphatic carbocycles. The number of rotatable bonds is 3. The molecule has 3 fully saturated rings. The van der Waals surface area contributed by atoms with Crippen LogP contribution < -0.4 is 0 Å². The van der Waals surface area contributed by atoms with Gasteiger partial charge in [0.2, 0.25) is 0 Å². The molecule has 0 N–H and O–H groups in total. The Morgan fingerprint density at radius 3 is 2.32 bits per heavy atom. The van der Waals surface area contributed by atoms with Gasteiger partial charge in [-0.2, -0.15) is 13.2 Å². The molecule has 3 nitrogen and oxygen atoms in total. The number of aromatic nitrogens is 1. The molecule has 3 aliphatic rings. The summed E-state index contributed by atoms with van der Waals surface area (Å²) >= 11 is 5.70. The summed E-state index contributed by atoms with van der Waals surface area (Å²) in [6.07, 6.45) is -2.22. The lowest BCUT2D eigenvalue weighted by Gasteiger charge is -2.60. The average molecular weight is 334 g/mol. The van der Waals surface area contributed by atoms with Crippen LogP contribution in [0.4, 0.5) is 13.2 Å². The van der Waals surface area contributed by atoms with E-state index in [-0.39, 0.29) is 22.8 Å². The second-order valence-corrected chi connectivity index (χ2v) is 6.78. The van der Waals surface area contributed by atoms with Crippen molar-refractivity contribution in [3.63, 3.8) is 0 Å². The van der Waals surface area contributed by atoms with Gasteiger partial charge in [-0.3, -0.25) is 9.80 Å². The van der Waals surface area contributed by atoms with Gasteiger partial charge in [0.25, 0.3) is 0 Å². The molecule has 4 rings (SSSR count). The predicted octanol–water partition coefficient (Wildman–Crippen LogP) is 3.51. The fourth-order valence-corrected chi connectivity index (χ4v) is 3.71. The minimum atomic E-state index is -4.31. The average Bonchev–Trinajstić information content (AvgIpc) is 2.44. The van der Waals surface area contributed by atoms with E-state index in [1.165, 1.54) is 18.3 Å². The lowest BCUT2D eigenvalue weighted by Crippen LogP contribution is -2.71. The van der Waals surface area contributed by atoms with Gasteiger partial charge >= 0.3 is 6.18 Å². The van der Waals surface area contributed by atoms with Crippen molar-refractivity contribution in [2.45, 2.75) is 50.6 Å². The zero-order valence-electron chi connectivity index (χ0n) is 12.5. The first-order valence-corrected chi connectivity index (χ1v) is 7.85. The summed E-state index contributed by atoms with van der Waals surface area (Å²) in [6, 6.07) is 1.56. The fourth-order valence-electron chi connectivity index (χ4n) is 3.59.